The molecule has 2 amide bonds. The highest BCUT2D eigenvalue weighted by Crippen LogP contribution is 2.17. The minimum atomic E-state index is -0.395. The van der Waals surface area contributed by atoms with Crippen molar-refractivity contribution in [1.82, 2.24) is 19.7 Å². The Labute approximate surface area is 183 Å². The molecule has 0 atom stereocenters. The van der Waals surface area contributed by atoms with Gasteiger partial charge in [0.2, 0.25) is 16.9 Å². The first-order valence-electron chi connectivity index (χ1n) is 10.1. The summed E-state index contributed by atoms with van der Waals surface area (Å²) in [5.74, 6) is -0.0412. The predicted octanol–water partition coefficient (Wildman–Crippen LogP) is 2.65. The molecule has 3 rings (SSSR count). The zero-order valence-corrected chi connectivity index (χ0v) is 18.0. The van der Waals surface area contributed by atoms with E-state index in [1.807, 2.05) is 30.3 Å². The van der Waals surface area contributed by atoms with Crippen molar-refractivity contribution in [3.05, 3.63) is 63.7 Å². The van der Waals surface area contributed by atoms with E-state index in [1.165, 1.54) is 15.9 Å². The number of carbonyl (C=O) groups excluding carboxylic acids is 2. The molecule has 0 aliphatic carbocycles. The Morgan fingerprint density at radius 2 is 1.84 bits per heavy atom. The van der Waals surface area contributed by atoms with Crippen molar-refractivity contribution < 1.29 is 9.59 Å². The normalized spacial score (nSPS) is 10.6. The Balaban J connectivity index is 1.41. The van der Waals surface area contributed by atoms with Gasteiger partial charge in [-0.3, -0.25) is 14.2 Å². The number of aryl methyl sites for hydroxylation is 2. The molecule has 31 heavy (non-hydrogen) atoms. The Bertz CT molecular complexity index is 1080. The van der Waals surface area contributed by atoms with E-state index in [4.69, 9.17) is 0 Å². The molecule has 0 aliphatic heterocycles. The van der Waals surface area contributed by atoms with Crippen LogP contribution in [0.5, 0.6) is 0 Å². The number of amides is 2. The summed E-state index contributed by atoms with van der Waals surface area (Å²) in [6, 6.07) is 11.1. The number of unbranched alkanes of at least 4 members (excludes halogenated alkanes) is 1. The second kappa shape index (κ2) is 11.1. The van der Waals surface area contributed by atoms with Crippen molar-refractivity contribution in [3.8, 4) is 0 Å². The number of carbonyl (C=O) groups is 2. The van der Waals surface area contributed by atoms with Gasteiger partial charge in [0.15, 0.2) is 0 Å². The Morgan fingerprint density at radius 1 is 1.03 bits per heavy atom. The quantitative estimate of drug-likeness (QED) is 0.468. The Kier molecular flexibility index (Phi) is 7.99. The summed E-state index contributed by atoms with van der Waals surface area (Å²) in [5, 5.41) is 14.8. The SMILES string of the molecule is CCC(=O)Nc1ccn(CCCCc2nnc(NC(=O)Cc3ccccc3)s2)c(=O)n1. The molecule has 0 radical (unpaired) electrons. The lowest BCUT2D eigenvalue weighted by atomic mass is 10.1. The van der Waals surface area contributed by atoms with Crippen LogP contribution >= 0.6 is 11.3 Å². The summed E-state index contributed by atoms with van der Waals surface area (Å²) in [5.41, 5.74) is 0.545. The fraction of sp³-hybridized carbons (Fsp3) is 0.333. The van der Waals surface area contributed by atoms with E-state index in [2.05, 4.69) is 25.8 Å². The van der Waals surface area contributed by atoms with Gasteiger partial charge in [0.1, 0.15) is 10.8 Å². The van der Waals surface area contributed by atoms with E-state index in [0.29, 0.717) is 30.9 Å². The van der Waals surface area contributed by atoms with Gasteiger partial charge < -0.3 is 10.6 Å². The van der Waals surface area contributed by atoms with E-state index >= 15 is 0 Å². The standard InChI is InChI=1S/C21H24N6O3S/c1-2-17(28)22-16-11-13-27(21(30)23-16)12-7-6-10-19-25-26-20(31-19)24-18(29)14-15-8-4-3-5-9-15/h3-5,8-9,11,13H,2,6-7,10,12,14H2,1H3,(H,24,26,29)(H,22,23,28,30). The maximum Gasteiger partial charge on any atom is 0.349 e. The molecule has 0 spiro atoms. The van der Waals surface area contributed by atoms with Gasteiger partial charge in [0, 0.05) is 25.6 Å². The fourth-order valence-electron chi connectivity index (χ4n) is 2.81. The van der Waals surface area contributed by atoms with E-state index in [0.717, 1.165) is 23.4 Å². The maximum atomic E-state index is 12.1. The molecule has 3 aromatic rings. The van der Waals surface area contributed by atoms with Crippen molar-refractivity contribution in [2.24, 2.45) is 0 Å². The van der Waals surface area contributed by atoms with E-state index < -0.39 is 5.69 Å². The molecule has 0 fully saturated rings. The van der Waals surface area contributed by atoms with Crippen LogP contribution in [-0.4, -0.2) is 31.6 Å². The van der Waals surface area contributed by atoms with Crippen molar-refractivity contribution in [1.29, 1.82) is 0 Å². The number of rotatable bonds is 10. The van der Waals surface area contributed by atoms with Gasteiger partial charge in [-0.25, -0.2) is 4.79 Å². The van der Waals surface area contributed by atoms with E-state index in [9.17, 15) is 14.4 Å². The summed E-state index contributed by atoms with van der Waals surface area (Å²) < 4.78 is 1.51. The zero-order chi connectivity index (χ0) is 22.1. The van der Waals surface area contributed by atoms with Crippen LogP contribution in [0.2, 0.25) is 0 Å². The third kappa shape index (κ3) is 7.10. The second-order valence-electron chi connectivity index (χ2n) is 6.86. The summed E-state index contributed by atoms with van der Waals surface area (Å²) in [4.78, 5) is 39.4. The number of benzene rings is 1. The van der Waals surface area contributed by atoms with Crippen molar-refractivity contribution in [2.75, 3.05) is 10.6 Å². The molecule has 9 nitrogen and oxygen atoms in total. The first-order valence-corrected chi connectivity index (χ1v) is 10.9. The van der Waals surface area contributed by atoms with Crippen LogP contribution in [0.3, 0.4) is 0 Å². The van der Waals surface area contributed by atoms with Crippen LogP contribution in [0, 0.1) is 0 Å². The Morgan fingerprint density at radius 3 is 2.58 bits per heavy atom. The number of hydrogen-bond acceptors (Lipinski definition) is 7. The van der Waals surface area contributed by atoms with Gasteiger partial charge in [-0.1, -0.05) is 48.6 Å². The molecule has 0 unspecified atom stereocenters. The number of nitrogens with zero attached hydrogens (tertiary/aromatic N) is 4. The number of nitrogens with one attached hydrogen (secondary N) is 2. The summed E-state index contributed by atoms with van der Waals surface area (Å²) in [6.45, 7) is 2.25. The second-order valence-corrected chi connectivity index (χ2v) is 7.92. The first kappa shape index (κ1) is 22.3. The molecule has 0 aliphatic rings. The van der Waals surface area contributed by atoms with Crippen LogP contribution in [0.15, 0.2) is 47.4 Å². The van der Waals surface area contributed by atoms with Crippen molar-refractivity contribution in [2.45, 2.75) is 45.6 Å². The summed E-state index contributed by atoms with van der Waals surface area (Å²) in [6.07, 6.45) is 4.53. The molecule has 10 heteroatoms. The van der Waals surface area contributed by atoms with Gasteiger partial charge >= 0.3 is 5.69 Å². The zero-order valence-electron chi connectivity index (χ0n) is 17.2. The molecular weight excluding hydrogens is 416 g/mol. The molecule has 162 valence electrons. The van der Waals surface area contributed by atoms with Crippen LogP contribution < -0.4 is 16.3 Å². The molecule has 0 saturated heterocycles. The van der Waals surface area contributed by atoms with Gasteiger partial charge in [0.25, 0.3) is 0 Å². The van der Waals surface area contributed by atoms with Gasteiger partial charge in [0.05, 0.1) is 6.42 Å². The third-order valence-corrected chi connectivity index (χ3v) is 5.32. The average molecular weight is 441 g/mol. The fourth-order valence-corrected chi connectivity index (χ4v) is 3.61. The van der Waals surface area contributed by atoms with Crippen LogP contribution in [-0.2, 0) is 29.0 Å². The average Bonchev–Trinajstić information content (AvgIpc) is 3.20. The third-order valence-electron chi connectivity index (χ3n) is 4.42. The summed E-state index contributed by atoms with van der Waals surface area (Å²) >= 11 is 1.36. The van der Waals surface area contributed by atoms with Gasteiger partial charge in [-0.15, -0.1) is 10.2 Å². The lowest BCUT2D eigenvalue weighted by molar-refractivity contribution is -0.116. The molecule has 2 aromatic heterocycles. The topological polar surface area (TPSA) is 119 Å². The largest absolute Gasteiger partial charge is 0.349 e. The minimum Gasteiger partial charge on any atom is -0.310 e. The number of anilines is 2. The predicted molar refractivity (Wildman–Crippen MR) is 119 cm³/mol. The van der Waals surface area contributed by atoms with Gasteiger partial charge in [-0.05, 0) is 24.5 Å². The van der Waals surface area contributed by atoms with Crippen LogP contribution in [0.25, 0.3) is 0 Å². The number of hydrogen-bond donors (Lipinski definition) is 2. The number of aromatic nitrogens is 4. The molecule has 2 heterocycles. The molecule has 1 aromatic carbocycles. The van der Waals surface area contributed by atoms with Crippen LogP contribution in [0.1, 0.15) is 36.8 Å². The first-order chi connectivity index (χ1) is 15.0. The summed E-state index contributed by atoms with van der Waals surface area (Å²) in [7, 11) is 0. The molecular formula is C21H24N6O3S. The maximum absolute atomic E-state index is 12.1. The minimum absolute atomic E-state index is 0.126. The molecule has 2 N–H and O–H groups in total. The molecule has 0 bridgehead atoms. The highest BCUT2D eigenvalue weighted by atomic mass is 32.1. The van der Waals surface area contributed by atoms with Crippen LogP contribution in [0.4, 0.5) is 10.9 Å². The lowest BCUT2D eigenvalue weighted by Gasteiger charge is -2.06. The van der Waals surface area contributed by atoms with Crippen molar-refractivity contribution in [3.63, 3.8) is 0 Å². The monoisotopic (exact) mass is 440 g/mol. The highest BCUT2D eigenvalue weighted by Gasteiger charge is 2.09. The van der Waals surface area contributed by atoms with Gasteiger partial charge in [-0.2, -0.15) is 4.98 Å². The molecule has 0 saturated carbocycles. The van der Waals surface area contributed by atoms with E-state index in [1.54, 1.807) is 19.2 Å². The highest BCUT2D eigenvalue weighted by molar-refractivity contribution is 7.15. The lowest BCUT2D eigenvalue weighted by Crippen LogP contribution is -2.24. The van der Waals surface area contributed by atoms with E-state index in [-0.39, 0.29) is 17.6 Å². The smallest absolute Gasteiger partial charge is 0.310 e. The Hall–Kier alpha value is -3.40. The van der Waals surface area contributed by atoms with Crippen molar-refractivity contribution >= 4 is 34.1 Å².